The lowest BCUT2D eigenvalue weighted by molar-refractivity contribution is -0.114. The number of hydrogen-bond acceptors (Lipinski definition) is 8. The van der Waals surface area contributed by atoms with Crippen LogP contribution in [-0.4, -0.2) is 44.7 Å². The van der Waals surface area contributed by atoms with Gasteiger partial charge < -0.3 is 15.0 Å². The zero-order valence-corrected chi connectivity index (χ0v) is 14.6. The van der Waals surface area contributed by atoms with Crippen LogP contribution in [0.2, 0.25) is 0 Å². The molecule has 0 radical (unpaired) electrons. The van der Waals surface area contributed by atoms with Crippen LogP contribution in [0.3, 0.4) is 0 Å². The molecular weight excluding hydrogens is 354 g/mol. The van der Waals surface area contributed by atoms with E-state index in [1.165, 1.54) is 6.92 Å². The Morgan fingerprint density at radius 2 is 2.17 bits per heavy atom. The van der Waals surface area contributed by atoms with E-state index in [9.17, 15) is 13.2 Å². The minimum Gasteiger partial charge on any atom is -0.489 e. The number of sulfonamides is 1. The summed E-state index contributed by atoms with van der Waals surface area (Å²) in [5.41, 5.74) is 1.26. The number of nitrogens with zero attached hydrogens (tertiary/aromatic N) is 3. The number of anilines is 3. The second-order valence-corrected chi connectivity index (χ2v) is 7.95. The first kappa shape index (κ1) is 16.5. The van der Waals surface area contributed by atoms with E-state index in [0.29, 0.717) is 18.0 Å². The highest BCUT2D eigenvalue weighted by molar-refractivity contribution is 7.94. The molecule has 0 unspecified atom stereocenters. The smallest absolute Gasteiger partial charge is 0.291 e. The quantitative estimate of drug-likeness (QED) is 0.777. The van der Waals surface area contributed by atoms with Crippen LogP contribution >= 0.6 is 11.3 Å². The lowest BCUT2D eigenvalue weighted by Crippen LogP contribution is -2.28. The van der Waals surface area contributed by atoms with Gasteiger partial charge in [0.15, 0.2) is 0 Å². The molecule has 0 fully saturated rings. The minimum atomic E-state index is -3.89. The highest BCUT2D eigenvalue weighted by Gasteiger charge is 2.22. The topological polar surface area (TPSA) is 114 Å². The molecule has 1 aromatic carbocycles. The molecule has 1 aromatic heterocycles. The Morgan fingerprint density at radius 3 is 2.92 bits per heavy atom. The van der Waals surface area contributed by atoms with Crippen molar-refractivity contribution in [3.8, 4) is 5.75 Å². The van der Waals surface area contributed by atoms with Crippen molar-refractivity contribution < 1.29 is 17.9 Å². The average Bonchev–Trinajstić information content (AvgIpc) is 2.95. The summed E-state index contributed by atoms with van der Waals surface area (Å²) in [4.78, 5) is 13.0. The van der Waals surface area contributed by atoms with Gasteiger partial charge in [-0.1, -0.05) is 11.3 Å². The van der Waals surface area contributed by atoms with Crippen LogP contribution in [0.4, 0.5) is 16.5 Å². The van der Waals surface area contributed by atoms with Gasteiger partial charge in [-0.3, -0.25) is 9.52 Å². The summed E-state index contributed by atoms with van der Waals surface area (Å²) in [6.45, 7) is 2.61. The molecule has 0 aliphatic carbocycles. The fourth-order valence-electron chi connectivity index (χ4n) is 2.14. The number of fused-ring (bicyclic) bond motifs is 1. The summed E-state index contributed by atoms with van der Waals surface area (Å²) in [6.07, 6.45) is 0. The number of nitrogens with one attached hydrogen (secondary N) is 2. The number of aromatic nitrogens is 2. The van der Waals surface area contributed by atoms with Gasteiger partial charge in [0.25, 0.3) is 14.4 Å². The number of likely N-dealkylation sites (N-methyl/N-ethyl adjacent to an activating group) is 1. The number of hydrogen-bond donors (Lipinski definition) is 2. The predicted molar refractivity (Wildman–Crippen MR) is 90.2 cm³/mol. The number of rotatable bonds is 4. The van der Waals surface area contributed by atoms with Crippen molar-refractivity contribution in [3.63, 3.8) is 0 Å². The van der Waals surface area contributed by atoms with E-state index >= 15 is 0 Å². The zero-order chi connectivity index (χ0) is 17.3. The third-order valence-electron chi connectivity index (χ3n) is 3.23. The van der Waals surface area contributed by atoms with E-state index < -0.39 is 10.0 Å². The van der Waals surface area contributed by atoms with Crippen molar-refractivity contribution in [1.29, 1.82) is 0 Å². The summed E-state index contributed by atoms with van der Waals surface area (Å²) in [7, 11) is -1.95. The highest BCUT2D eigenvalue weighted by Crippen LogP contribution is 2.34. The molecule has 128 valence electrons. The first-order valence-corrected chi connectivity index (χ1v) is 9.27. The predicted octanol–water partition coefficient (Wildman–Crippen LogP) is 1.13. The molecule has 0 bridgehead atoms. The molecular formula is C13H15N5O4S2. The number of ether oxygens (including phenoxy) is 1. The molecule has 2 aromatic rings. The molecule has 2 heterocycles. The lowest BCUT2D eigenvalue weighted by atomic mass is 10.2. The van der Waals surface area contributed by atoms with Crippen molar-refractivity contribution in [2.45, 2.75) is 11.3 Å². The Hall–Kier alpha value is -2.40. The number of carbonyl (C=O) groups excluding carboxylic acids is 1. The van der Waals surface area contributed by atoms with Gasteiger partial charge in [-0.2, -0.15) is 8.42 Å². The van der Waals surface area contributed by atoms with E-state index in [-0.39, 0.29) is 15.4 Å². The Kier molecular flexibility index (Phi) is 4.28. The normalized spacial score (nSPS) is 13.8. The van der Waals surface area contributed by atoms with Crippen LogP contribution < -0.4 is 19.7 Å². The standard InChI is InChI=1S/C13H15N5O4S2/c1-8(19)14-12-15-16-13(23-12)24(20,21)17-9-3-4-10-11(7-9)22-6-5-18(10)2/h3-4,7,17H,5-6H2,1-2H3,(H,14,15,19). The van der Waals surface area contributed by atoms with Crippen LogP contribution in [-0.2, 0) is 14.8 Å². The van der Waals surface area contributed by atoms with Gasteiger partial charge in [0.1, 0.15) is 12.4 Å². The van der Waals surface area contributed by atoms with E-state index in [2.05, 4.69) is 20.2 Å². The van der Waals surface area contributed by atoms with Gasteiger partial charge in [0, 0.05) is 20.0 Å². The second kappa shape index (κ2) is 6.24. The minimum absolute atomic E-state index is 0.123. The van der Waals surface area contributed by atoms with Crippen LogP contribution in [0.5, 0.6) is 5.75 Å². The van der Waals surface area contributed by atoms with Crippen molar-refractivity contribution in [3.05, 3.63) is 18.2 Å². The fraction of sp³-hybridized carbons (Fsp3) is 0.308. The first-order chi connectivity index (χ1) is 11.3. The van der Waals surface area contributed by atoms with E-state index in [1.54, 1.807) is 18.2 Å². The Balaban J connectivity index is 1.82. The van der Waals surface area contributed by atoms with Crippen LogP contribution in [0.25, 0.3) is 0 Å². The van der Waals surface area contributed by atoms with E-state index in [0.717, 1.165) is 23.6 Å². The van der Waals surface area contributed by atoms with Gasteiger partial charge in [-0.05, 0) is 12.1 Å². The number of amides is 1. The maximum atomic E-state index is 12.4. The first-order valence-electron chi connectivity index (χ1n) is 6.97. The number of carbonyl (C=O) groups is 1. The molecule has 0 atom stereocenters. The maximum Gasteiger partial charge on any atom is 0.291 e. The molecule has 24 heavy (non-hydrogen) atoms. The number of benzene rings is 1. The Morgan fingerprint density at radius 1 is 1.38 bits per heavy atom. The summed E-state index contributed by atoms with van der Waals surface area (Å²) in [5.74, 6) is 0.263. The largest absolute Gasteiger partial charge is 0.489 e. The van der Waals surface area contributed by atoms with Gasteiger partial charge in [-0.25, -0.2) is 0 Å². The molecule has 11 heteroatoms. The monoisotopic (exact) mass is 369 g/mol. The van der Waals surface area contributed by atoms with Gasteiger partial charge in [0.2, 0.25) is 11.0 Å². The van der Waals surface area contributed by atoms with E-state index in [1.807, 2.05) is 11.9 Å². The van der Waals surface area contributed by atoms with Gasteiger partial charge in [0.05, 0.1) is 17.9 Å². The Labute approximate surface area is 142 Å². The van der Waals surface area contributed by atoms with Crippen LogP contribution in [0.15, 0.2) is 22.5 Å². The van der Waals surface area contributed by atoms with Crippen molar-refractivity contribution in [2.24, 2.45) is 0 Å². The van der Waals surface area contributed by atoms with Crippen molar-refractivity contribution >= 4 is 43.8 Å². The zero-order valence-electron chi connectivity index (χ0n) is 12.9. The fourth-order valence-corrected chi connectivity index (χ4v) is 4.14. The van der Waals surface area contributed by atoms with Crippen LogP contribution in [0, 0.1) is 0 Å². The summed E-state index contributed by atoms with van der Waals surface area (Å²) in [6, 6.07) is 5.06. The summed E-state index contributed by atoms with van der Waals surface area (Å²) < 4.78 is 32.5. The SMILES string of the molecule is CC(=O)Nc1nnc(S(=O)(=O)Nc2ccc3c(c2)OCCN3C)s1. The van der Waals surface area contributed by atoms with E-state index in [4.69, 9.17) is 4.74 Å². The van der Waals surface area contributed by atoms with Crippen molar-refractivity contribution in [1.82, 2.24) is 10.2 Å². The van der Waals surface area contributed by atoms with Gasteiger partial charge >= 0.3 is 0 Å². The molecule has 1 amide bonds. The molecule has 0 saturated heterocycles. The van der Waals surface area contributed by atoms with Crippen molar-refractivity contribution in [2.75, 3.05) is 35.1 Å². The summed E-state index contributed by atoms with van der Waals surface area (Å²) >= 11 is 0.772. The molecule has 9 nitrogen and oxygen atoms in total. The maximum absolute atomic E-state index is 12.4. The Bertz CT molecular complexity index is 880. The highest BCUT2D eigenvalue weighted by atomic mass is 32.2. The molecule has 2 N–H and O–H groups in total. The molecule has 1 aliphatic heterocycles. The lowest BCUT2D eigenvalue weighted by Gasteiger charge is -2.27. The molecule has 3 rings (SSSR count). The third-order valence-corrected chi connectivity index (χ3v) is 5.81. The molecule has 1 aliphatic rings. The summed E-state index contributed by atoms with van der Waals surface area (Å²) in [5, 5.41) is 9.75. The average molecular weight is 369 g/mol. The van der Waals surface area contributed by atoms with Crippen LogP contribution in [0.1, 0.15) is 6.92 Å². The molecule has 0 spiro atoms. The second-order valence-electron chi connectivity index (χ2n) is 5.11. The third kappa shape index (κ3) is 3.41. The molecule has 0 saturated carbocycles. The van der Waals surface area contributed by atoms with Gasteiger partial charge in [-0.15, -0.1) is 10.2 Å².